The number of aliphatic carboxylic acids is 1. The van der Waals surface area contributed by atoms with Crippen molar-refractivity contribution in [3.05, 3.63) is 5.82 Å². The number of carboxylic acid groups (broad SMARTS) is 1. The van der Waals surface area contributed by atoms with Crippen LogP contribution in [-0.4, -0.2) is 37.0 Å². The highest BCUT2D eigenvalue weighted by molar-refractivity contribution is 7.99. The second-order valence-electron chi connectivity index (χ2n) is 4.78. The average molecular weight is 254 g/mol. The lowest BCUT2D eigenvalue weighted by molar-refractivity contribution is -0.144. The van der Waals surface area contributed by atoms with Gasteiger partial charge in [-0.25, -0.2) is 4.68 Å². The lowest BCUT2D eigenvalue weighted by Gasteiger charge is -2.13. The van der Waals surface area contributed by atoms with Gasteiger partial charge in [0.15, 0.2) is 5.82 Å². The summed E-state index contributed by atoms with van der Waals surface area (Å²) >= 11 is 1.86. The Morgan fingerprint density at radius 3 is 3.00 bits per heavy atom. The van der Waals surface area contributed by atoms with E-state index in [1.807, 2.05) is 11.8 Å². The topological polar surface area (TPSA) is 80.9 Å². The van der Waals surface area contributed by atoms with Crippen molar-refractivity contribution in [1.29, 1.82) is 0 Å². The van der Waals surface area contributed by atoms with E-state index >= 15 is 0 Å². The van der Waals surface area contributed by atoms with Gasteiger partial charge >= 0.3 is 5.97 Å². The molecule has 92 valence electrons. The quantitative estimate of drug-likeness (QED) is 0.866. The van der Waals surface area contributed by atoms with E-state index < -0.39 is 11.4 Å². The highest BCUT2D eigenvalue weighted by Gasteiger charge is 2.51. The molecule has 2 aliphatic rings. The molecule has 1 unspecified atom stereocenters. The Hall–Kier alpha value is -1.11. The summed E-state index contributed by atoms with van der Waals surface area (Å²) in [5, 5.41) is 21.2. The van der Waals surface area contributed by atoms with E-state index in [0.29, 0.717) is 11.8 Å². The Bertz CT molecular complexity index is 437. The van der Waals surface area contributed by atoms with Crippen LogP contribution in [0.1, 0.15) is 36.8 Å². The number of aromatic nitrogens is 4. The van der Waals surface area contributed by atoms with Gasteiger partial charge in [-0.1, -0.05) is 0 Å². The maximum Gasteiger partial charge on any atom is 0.311 e. The van der Waals surface area contributed by atoms with E-state index in [9.17, 15) is 9.90 Å². The molecule has 1 aliphatic heterocycles. The van der Waals surface area contributed by atoms with Crippen LogP contribution in [0.4, 0.5) is 0 Å². The predicted molar refractivity (Wildman–Crippen MR) is 61.6 cm³/mol. The van der Waals surface area contributed by atoms with Gasteiger partial charge < -0.3 is 5.11 Å². The van der Waals surface area contributed by atoms with Crippen LogP contribution in [0, 0.1) is 5.41 Å². The molecule has 1 aliphatic carbocycles. The van der Waals surface area contributed by atoms with Gasteiger partial charge in [0.2, 0.25) is 0 Å². The zero-order chi connectivity index (χ0) is 11.9. The normalized spacial score (nSPS) is 26.0. The van der Waals surface area contributed by atoms with Crippen molar-refractivity contribution in [2.24, 2.45) is 5.41 Å². The van der Waals surface area contributed by atoms with Crippen LogP contribution in [0.2, 0.25) is 0 Å². The summed E-state index contributed by atoms with van der Waals surface area (Å²) < 4.78 is 1.70. The third-order valence-corrected chi connectivity index (χ3v) is 4.91. The van der Waals surface area contributed by atoms with Gasteiger partial charge in [-0.05, 0) is 41.9 Å². The van der Waals surface area contributed by atoms with Crippen molar-refractivity contribution < 1.29 is 9.90 Å². The molecule has 6 nitrogen and oxygen atoms in total. The molecule has 1 aromatic heterocycles. The number of hydrogen-bond acceptors (Lipinski definition) is 5. The number of hydrogen-bond donors (Lipinski definition) is 1. The minimum Gasteiger partial charge on any atom is -0.481 e. The van der Waals surface area contributed by atoms with Crippen molar-refractivity contribution in [2.75, 3.05) is 5.75 Å². The van der Waals surface area contributed by atoms with Crippen LogP contribution >= 0.6 is 11.8 Å². The molecule has 0 bridgehead atoms. The second kappa shape index (κ2) is 3.97. The molecule has 17 heavy (non-hydrogen) atoms. The summed E-state index contributed by atoms with van der Waals surface area (Å²) in [5.41, 5.74) is -0.604. The highest BCUT2D eigenvalue weighted by atomic mass is 32.2. The Labute approximate surface area is 103 Å². The summed E-state index contributed by atoms with van der Waals surface area (Å²) in [4.78, 5) is 11.2. The van der Waals surface area contributed by atoms with Crippen LogP contribution in [0.25, 0.3) is 0 Å². The molecule has 2 heterocycles. The number of tetrazole rings is 1. The largest absolute Gasteiger partial charge is 0.481 e. The predicted octanol–water partition coefficient (Wildman–Crippen LogP) is 1.11. The van der Waals surface area contributed by atoms with Crippen molar-refractivity contribution in [3.8, 4) is 0 Å². The van der Waals surface area contributed by atoms with Crippen LogP contribution in [0.5, 0.6) is 0 Å². The summed E-state index contributed by atoms with van der Waals surface area (Å²) in [5.74, 6) is 1.26. The molecule has 0 radical (unpaired) electrons. The smallest absolute Gasteiger partial charge is 0.311 e. The molecule has 0 spiro atoms. The van der Waals surface area contributed by atoms with Gasteiger partial charge in [0.05, 0.1) is 17.2 Å². The number of carbonyl (C=O) groups is 1. The Morgan fingerprint density at radius 1 is 1.59 bits per heavy atom. The van der Waals surface area contributed by atoms with Crippen molar-refractivity contribution in [1.82, 2.24) is 20.2 Å². The van der Waals surface area contributed by atoms with Gasteiger partial charge in [0, 0.05) is 0 Å². The standard InChI is InChI=1S/C10H14N4O2S/c15-9(16)10(3-4-10)6-14-8(11-12-13-14)7-2-1-5-17-7/h7H,1-6H2,(H,15,16). The lowest BCUT2D eigenvalue weighted by Crippen LogP contribution is -2.23. The highest BCUT2D eigenvalue weighted by Crippen LogP contribution is 2.48. The molecule has 1 saturated carbocycles. The molecule has 1 atom stereocenters. The Balaban J connectivity index is 1.79. The fourth-order valence-corrected chi connectivity index (χ4v) is 3.48. The zero-order valence-corrected chi connectivity index (χ0v) is 10.2. The molecule has 1 aromatic rings. The first-order valence-electron chi connectivity index (χ1n) is 5.82. The fraction of sp³-hybridized carbons (Fsp3) is 0.800. The molecular formula is C10H14N4O2S. The monoisotopic (exact) mass is 254 g/mol. The zero-order valence-electron chi connectivity index (χ0n) is 9.37. The van der Waals surface area contributed by atoms with Gasteiger partial charge in [-0.15, -0.1) is 5.10 Å². The molecule has 0 amide bonds. The first kappa shape index (κ1) is 11.0. The molecule has 3 rings (SSSR count). The Kier molecular flexibility index (Phi) is 2.57. The molecule has 1 N–H and O–H groups in total. The van der Waals surface area contributed by atoms with Crippen LogP contribution in [-0.2, 0) is 11.3 Å². The van der Waals surface area contributed by atoms with Gasteiger partial charge in [0.1, 0.15) is 0 Å². The van der Waals surface area contributed by atoms with E-state index in [-0.39, 0.29) is 0 Å². The number of nitrogens with zero attached hydrogens (tertiary/aromatic N) is 4. The summed E-state index contributed by atoms with van der Waals surface area (Å²) in [6.45, 7) is 0.418. The third-order valence-electron chi connectivity index (χ3n) is 3.54. The third kappa shape index (κ3) is 1.92. The van der Waals surface area contributed by atoms with Crippen LogP contribution in [0.3, 0.4) is 0 Å². The van der Waals surface area contributed by atoms with E-state index in [0.717, 1.165) is 30.8 Å². The molecule has 2 fully saturated rings. The van der Waals surface area contributed by atoms with Gasteiger partial charge in [-0.3, -0.25) is 4.79 Å². The fourth-order valence-electron chi connectivity index (χ4n) is 2.21. The SMILES string of the molecule is O=C(O)C1(Cn2nnnc2C2CCCS2)CC1. The number of rotatable bonds is 4. The van der Waals surface area contributed by atoms with Crippen molar-refractivity contribution in [3.63, 3.8) is 0 Å². The number of carboxylic acids is 1. The van der Waals surface area contributed by atoms with E-state index in [4.69, 9.17) is 0 Å². The maximum atomic E-state index is 11.2. The molecular weight excluding hydrogens is 240 g/mol. The summed E-state index contributed by atoms with van der Waals surface area (Å²) in [6.07, 6.45) is 3.75. The minimum absolute atomic E-state index is 0.342. The average Bonchev–Trinajstić information content (AvgIpc) is 2.75. The minimum atomic E-state index is -0.724. The summed E-state index contributed by atoms with van der Waals surface area (Å²) in [7, 11) is 0. The van der Waals surface area contributed by atoms with E-state index in [1.54, 1.807) is 4.68 Å². The van der Waals surface area contributed by atoms with Crippen molar-refractivity contribution >= 4 is 17.7 Å². The molecule has 1 saturated heterocycles. The maximum absolute atomic E-state index is 11.2. The number of thioether (sulfide) groups is 1. The Morgan fingerprint density at radius 2 is 2.41 bits per heavy atom. The molecule has 0 aromatic carbocycles. The first-order chi connectivity index (χ1) is 8.21. The molecule has 7 heteroatoms. The van der Waals surface area contributed by atoms with Gasteiger partial charge in [-0.2, -0.15) is 11.8 Å². The van der Waals surface area contributed by atoms with Crippen LogP contribution < -0.4 is 0 Å². The lowest BCUT2D eigenvalue weighted by atomic mass is 10.1. The van der Waals surface area contributed by atoms with Crippen molar-refractivity contribution in [2.45, 2.75) is 37.5 Å². The first-order valence-corrected chi connectivity index (χ1v) is 6.87. The van der Waals surface area contributed by atoms with E-state index in [1.165, 1.54) is 6.42 Å². The summed E-state index contributed by atoms with van der Waals surface area (Å²) in [6, 6.07) is 0. The second-order valence-corrected chi connectivity index (χ2v) is 6.09. The van der Waals surface area contributed by atoms with Gasteiger partial charge in [0.25, 0.3) is 0 Å². The van der Waals surface area contributed by atoms with Crippen LogP contribution in [0.15, 0.2) is 0 Å². The van der Waals surface area contributed by atoms with E-state index in [2.05, 4.69) is 15.5 Å².